The van der Waals surface area contributed by atoms with Crippen LogP contribution in [0.15, 0.2) is 72.6 Å². The molecule has 1 aromatic rings. The molecule has 2 nitrogen and oxygen atoms in total. The maximum absolute atomic E-state index is 5.81. The summed E-state index contributed by atoms with van der Waals surface area (Å²) in [5.74, 6) is 0.912. The predicted octanol–water partition coefficient (Wildman–Crippen LogP) is 6.91. The minimum absolute atomic E-state index is 0.0751. The van der Waals surface area contributed by atoms with Gasteiger partial charge in [0.15, 0.2) is 6.79 Å². The summed E-state index contributed by atoms with van der Waals surface area (Å²) in [5.41, 5.74) is 8.73. The molecule has 0 aromatic heterocycles. The minimum Gasteiger partial charge on any atom is -0.468 e. The molecule has 4 aliphatic rings. The molecule has 3 aliphatic carbocycles. The van der Waals surface area contributed by atoms with Gasteiger partial charge in [-0.25, -0.2) is 0 Å². The van der Waals surface area contributed by atoms with Crippen molar-refractivity contribution < 1.29 is 9.47 Å². The van der Waals surface area contributed by atoms with E-state index in [0.717, 1.165) is 10.2 Å². The van der Waals surface area contributed by atoms with E-state index in [1.165, 1.54) is 37.9 Å². The molecule has 0 spiro atoms. The summed E-state index contributed by atoms with van der Waals surface area (Å²) in [7, 11) is -1.89. The van der Waals surface area contributed by atoms with Gasteiger partial charge in [0.2, 0.25) is 0 Å². The average Bonchev–Trinajstić information content (AvgIpc) is 3.30. The normalized spacial score (nSPS) is 25.9. The predicted molar refractivity (Wildman–Crippen MR) is 124 cm³/mol. The second-order valence-electron chi connectivity index (χ2n) is 8.51. The third kappa shape index (κ3) is 2.52. The summed E-state index contributed by atoms with van der Waals surface area (Å²) in [6.07, 6.45) is 6.89. The van der Waals surface area contributed by atoms with Gasteiger partial charge < -0.3 is 9.47 Å². The van der Waals surface area contributed by atoms with Gasteiger partial charge in [-0.05, 0) is 69.4 Å². The van der Waals surface area contributed by atoms with Crippen LogP contribution in [0.3, 0.4) is 0 Å². The molecule has 2 atom stereocenters. The summed E-state index contributed by atoms with van der Waals surface area (Å²) >= 11 is 7.54. The summed E-state index contributed by atoms with van der Waals surface area (Å²) in [5, 5.41) is 1.54. The molecule has 1 saturated heterocycles. The van der Waals surface area contributed by atoms with E-state index in [0.29, 0.717) is 12.3 Å². The molecule has 0 radical (unpaired) electrons. The van der Waals surface area contributed by atoms with Gasteiger partial charge in [-0.1, -0.05) is 64.5 Å². The van der Waals surface area contributed by atoms with Crippen molar-refractivity contribution in [2.75, 3.05) is 6.79 Å². The molecule has 0 bridgehead atoms. The maximum Gasteiger partial charge on any atom is 0.190 e. The van der Waals surface area contributed by atoms with Crippen molar-refractivity contribution in [2.45, 2.75) is 38.6 Å². The standard InChI is InChI=1S/C23H22Br2O2Si/c1-12-8-15-14(6-5-7-18(15)24)22(12)28(3,4)23-13(2)9-16-17(23)10-19-21(20(16)25)27-11-26-19/h5-10,19,22H,11H2,1-4H3. The number of hydrogen-bond acceptors (Lipinski definition) is 2. The van der Waals surface area contributed by atoms with Gasteiger partial charge in [0.25, 0.3) is 0 Å². The van der Waals surface area contributed by atoms with Crippen LogP contribution in [0.1, 0.15) is 30.5 Å². The third-order valence-electron chi connectivity index (χ3n) is 6.40. The molecule has 28 heavy (non-hydrogen) atoms. The minimum atomic E-state index is -1.89. The van der Waals surface area contributed by atoms with Gasteiger partial charge in [-0.2, -0.15) is 0 Å². The molecular weight excluding hydrogens is 496 g/mol. The number of fused-ring (bicyclic) bond motifs is 3. The van der Waals surface area contributed by atoms with E-state index in [4.69, 9.17) is 9.47 Å². The lowest BCUT2D eigenvalue weighted by atomic mass is 10.00. The van der Waals surface area contributed by atoms with E-state index in [-0.39, 0.29) is 6.10 Å². The maximum atomic E-state index is 5.81. The summed E-state index contributed by atoms with van der Waals surface area (Å²) in [6.45, 7) is 9.91. The molecule has 1 aromatic carbocycles. The largest absolute Gasteiger partial charge is 0.468 e. The highest BCUT2D eigenvalue weighted by molar-refractivity contribution is 9.12. The lowest BCUT2D eigenvalue weighted by molar-refractivity contribution is 0.0629. The van der Waals surface area contributed by atoms with Crippen LogP contribution in [0.25, 0.3) is 6.08 Å². The second-order valence-corrected chi connectivity index (χ2v) is 14.7. The Balaban J connectivity index is 1.62. The van der Waals surface area contributed by atoms with Crippen LogP contribution in [0.2, 0.25) is 13.1 Å². The lowest BCUT2D eigenvalue weighted by Crippen LogP contribution is -2.39. The van der Waals surface area contributed by atoms with Crippen LogP contribution in [0, 0.1) is 0 Å². The number of rotatable bonds is 2. The fourth-order valence-corrected chi connectivity index (χ4v) is 11.2. The zero-order valence-electron chi connectivity index (χ0n) is 16.4. The number of halogens is 2. The fraction of sp³-hybridized carbons (Fsp3) is 0.304. The molecule has 2 unspecified atom stereocenters. The van der Waals surface area contributed by atoms with Crippen LogP contribution in [-0.2, 0) is 9.47 Å². The second kappa shape index (κ2) is 6.43. The Morgan fingerprint density at radius 2 is 1.86 bits per heavy atom. The molecule has 1 fully saturated rings. The van der Waals surface area contributed by atoms with Crippen molar-refractivity contribution >= 4 is 46.0 Å². The van der Waals surface area contributed by atoms with Gasteiger partial charge in [-0.3, -0.25) is 0 Å². The van der Waals surface area contributed by atoms with Crippen molar-refractivity contribution in [1.29, 1.82) is 0 Å². The first-order valence-corrected chi connectivity index (χ1v) is 14.2. The zero-order valence-corrected chi connectivity index (χ0v) is 20.6. The van der Waals surface area contributed by atoms with Crippen molar-refractivity contribution in [1.82, 2.24) is 0 Å². The first kappa shape index (κ1) is 18.9. The smallest absolute Gasteiger partial charge is 0.190 e. The molecule has 0 saturated carbocycles. The highest BCUT2D eigenvalue weighted by Gasteiger charge is 2.46. The quantitative estimate of drug-likeness (QED) is 0.396. The van der Waals surface area contributed by atoms with E-state index in [9.17, 15) is 0 Å². The van der Waals surface area contributed by atoms with E-state index in [2.05, 4.69) is 95.2 Å². The van der Waals surface area contributed by atoms with E-state index >= 15 is 0 Å². The van der Waals surface area contributed by atoms with Crippen molar-refractivity contribution in [2.24, 2.45) is 0 Å². The molecular formula is C23H22Br2O2Si. The highest BCUT2D eigenvalue weighted by atomic mass is 79.9. The number of ether oxygens (including phenoxy) is 2. The molecule has 5 rings (SSSR count). The van der Waals surface area contributed by atoms with E-state index in [1.807, 2.05) is 0 Å². The monoisotopic (exact) mass is 516 g/mol. The number of benzene rings is 1. The Morgan fingerprint density at radius 3 is 2.64 bits per heavy atom. The van der Waals surface area contributed by atoms with Gasteiger partial charge in [0, 0.05) is 10.0 Å². The van der Waals surface area contributed by atoms with Crippen molar-refractivity contribution in [3.8, 4) is 0 Å². The van der Waals surface area contributed by atoms with Crippen LogP contribution >= 0.6 is 31.9 Å². The Hall–Kier alpha value is -1.14. The van der Waals surface area contributed by atoms with Gasteiger partial charge in [0.1, 0.15) is 11.9 Å². The zero-order chi connectivity index (χ0) is 19.8. The Labute approximate surface area is 184 Å². The fourth-order valence-electron chi connectivity index (χ4n) is 5.46. The van der Waals surface area contributed by atoms with Gasteiger partial charge >= 0.3 is 0 Å². The highest BCUT2D eigenvalue weighted by Crippen LogP contribution is 2.53. The van der Waals surface area contributed by atoms with Crippen LogP contribution in [0.4, 0.5) is 0 Å². The SMILES string of the molecule is CC1=Cc2c(Br)cccc2C1[Si](C)(C)C1=C(C)C=C2C1=CC1OCOC1=C2Br. The molecule has 5 heteroatoms. The Bertz CT molecular complexity index is 1070. The first-order valence-electron chi connectivity index (χ1n) is 9.57. The summed E-state index contributed by atoms with van der Waals surface area (Å²) in [4.78, 5) is 0. The number of allylic oxidation sites excluding steroid dienone is 7. The van der Waals surface area contributed by atoms with Gasteiger partial charge in [0.05, 0.1) is 12.6 Å². The lowest BCUT2D eigenvalue weighted by Gasteiger charge is -2.36. The van der Waals surface area contributed by atoms with Crippen molar-refractivity contribution in [3.63, 3.8) is 0 Å². The molecule has 0 N–H and O–H groups in total. The molecule has 144 valence electrons. The summed E-state index contributed by atoms with van der Waals surface area (Å²) < 4.78 is 13.8. The average molecular weight is 518 g/mol. The first-order chi connectivity index (χ1) is 13.3. The molecule has 0 amide bonds. The van der Waals surface area contributed by atoms with Crippen LogP contribution < -0.4 is 0 Å². The van der Waals surface area contributed by atoms with Crippen molar-refractivity contribution in [3.05, 3.63) is 83.7 Å². The Morgan fingerprint density at radius 1 is 1.07 bits per heavy atom. The number of hydrogen-bond donors (Lipinski definition) is 0. The van der Waals surface area contributed by atoms with Crippen LogP contribution in [0.5, 0.6) is 0 Å². The van der Waals surface area contributed by atoms with E-state index in [1.54, 1.807) is 5.20 Å². The summed E-state index contributed by atoms with van der Waals surface area (Å²) in [6, 6.07) is 6.62. The van der Waals surface area contributed by atoms with Crippen LogP contribution in [-0.4, -0.2) is 21.0 Å². The topological polar surface area (TPSA) is 18.5 Å². The van der Waals surface area contributed by atoms with Gasteiger partial charge in [-0.15, -0.1) is 0 Å². The third-order valence-corrected chi connectivity index (χ3v) is 12.1. The molecule has 1 aliphatic heterocycles. The Kier molecular flexibility index (Phi) is 4.33. The molecule has 1 heterocycles. The van der Waals surface area contributed by atoms with E-state index < -0.39 is 8.07 Å².